The third-order valence-corrected chi connectivity index (χ3v) is 6.12. The topological polar surface area (TPSA) is 57.6 Å². The standard InChI is InChI=1S/C18H22BrNO3/c1-12-15(16(21)22)8-11-20(12)17(23)18(9-2-3-10-18)13-4-6-14(19)7-5-13/h4-7,12,15H,2-3,8-11H2,1H3,(H,21,22). The SMILES string of the molecule is CC1C(C(=O)O)CCN1C(=O)C1(c2ccc(Br)cc2)CCCC1. The van der Waals surface area contributed by atoms with Crippen LogP contribution in [-0.4, -0.2) is 34.5 Å². The summed E-state index contributed by atoms with van der Waals surface area (Å²) in [6.45, 7) is 2.42. The van der Waals surface area contributed by atoms with Crippen LogP contribution < -0.4 is 0 Å². The number of carbonyl (C=O) groups excluding carboxylic acids is 1. The second kappa shape index (κ2) is 6.27. The molecule has 1 aliphatic carbocycles. The molecule has 0 spiro atoms. The van der Waals surface area contributed by atoms with Crippen molar-refractivity contribution in [1.29, 1.82) is 0 Å². The molecule has 0 radical (unpaired) electrons. The number of hydrogen-bond acceptors (Lipinski definition) is 2. The molecule has 0 bridgehead atoms. The first-order chi connectivity index (χ1) is 11.0. The Kier molecular flexibility index (Phi) is 4.50. The second-order valence-electron chi connectivity index (χ2n) is 6.77. The number of halogens is 1. The number of amides is 1. The molecule has 1 aromatic rings. The predicted octanol–water partition coefficient (Wildman–Crippen LogP) is 3.58. The summed E-state index contributed by atoms with van der Waals surface area (Å²) < 4.78 is 1.00. The Morgan fingerprint density at radius 3 is 2.35 bits per heavy atom. The van der Waals surface area contributed by atoms with Gasteiger partial charge in [-0.2, -0.15) is 0 Å². The maximum atomic E-state index is 13.4. The first-order valence-corrected chi connectivity index (χ1v) is 9.05. The van der Waals surface area contributed by atoms with Crippen LogP contribution in [0.4, 0.5) is 0 Å². The molecule has 2 unspecified atom stereocenters. The van der Waals surface area contributed by atoms with Crippen molar-refractivity contribution in [3.63, 3.8) is 0 Å². The van der Waals surface area contributed by atoms with E-state index in [0.717, 1.165) is 35.7 Å². The molecule has 1 N–H and O–H groups in total. The van der Waals surface area contributed by atoms with Gasteiger partial charge in [0, 0.05) is 17.1 Å². The van der Waals surface area contributed by atoms with Gasteiger partial charge in [0.2, 0.25) is 5.91 Å². The fourth-order valence-corrected chi connectivity index (χ4v) is 4.47. The molecule has 3 rings (SSSR count). The quantitative estimate of drug-likeness (QED) is 0.872. The summed E-state index contributed by atoms with van der Waals surface area (Å²) in [5.74, 6) is -1.12. The summed E-state index contributed by atoms with van der Waals surface area (Å²) in [6.07, 6.45) is 4.36. The maximum absolute atomic E-state index is 13.4. The second-order valence-corrected chi connectivity index (χ2v) is 7.68. The molecule has 0 aromatic heterocycles. The van der Waals surface area contributed by atoms with Crippen LogP contribution in [0, 0.1) is 5.92 Å². The largest absolute Gasteiger partial charge is 0.481 e. The Bertz CT molecular complexity index is 607. The van der Waals surface area contributed by atoms with Crippen LogP contribution in [-0.2, 0) is 15.0 Å². The number of likely N-dealkylation sites (tertiary alicyclic amines) is 1. The van der Waals surface area contributed by atoms with Crippen molar-refractivity contribution in [2.45, 2.75) is 50.5 Å². The highest BCUT2D eigenvalue weighted by molar-refractivity contribution is 9.10. The first-order valence-electron chi connectivity index (χ1n) is 8.25. The van der Waals surface area contributed by atoms with Gasteiger partial charge in [-0.25, -0.2) is 0 Å². The zero-order valence-corrected chi connectivity index (χ0v) is 14.9. The predicted molar refractivity (Wildman–Crippen MR) is 91.2 cm³/mol. The summed E-state index contributed by atoms with van der Waals surface area (Å²) in [6, 6.07) is 7.80. The lowest BCUT2D eigenvalue weighted by Gasteiger charge is -2.35. The summed E-state index contributed by atoms with van der Waals surface area (Å²) in [5.41, 5.74) is 0.594. The highest BCUT2D eigenvalue weighted by Gasteiger charge is 2.49. The molecular formula is C18H22BrNO3. The van der Waals surface area contributed by atoms with Gasteiger partial charge in [0.15, 0.2) is 0 Å². The molecule has 1 saturated heterocycles. The third kappa shape index (κ3) is 2.80. The van der Waals surface area contributed by atoms with Crippen LogP contribution in [0.2, 0.25) is 0 Å². The molecule has 1 saturated carbocycles. The van der Waals surface area contributed by atoms with Crippen LogP contribution in [0.3, 0.4) is 0 Å². The van der Waals surface area contributed by atoms with E-state index in [0.29, 0.717) is 13.0 Å². The van der Waals surface area contributed by atoms with Gasteiger partial charge in [0.1, 0.15) is 0 Å². The summed E-state index contributed by atoms with van der Waals surface area (Å²) in [7, 11) is 0. The number of benzene rings is 1. The van der Waals surface area contributed by atoms with Crippen LogP contribution in [0.25, 0.3) is 0 Å². The Hall–Kier alpha value is -1.36. The van der Waals surface area contributed by atoms with E-state index < -0.39 is 17.3 Å². The highest BCUT2D eigenvalue weighted by atomic mass is 79.9. The van der Waals surface area contributed by atoms with Gasteiger partial charge in [-0.1, -0.05) is 40.9 Å². The molecular weight excluding hydrogens is 358 g/mol. The number of carbonyl (C=O) groups is 2. The lowest BCUT2D eigenvalue weighted by atomic mass is 9.77. The van der Waals surface area contributed by atoms with Crippen molar-refractivity contribution < 1.29 is 14.7 Å². The molecule has 5 heteroatoms. The van der Waals surface area contributed by atoms with Crippen LogP contribution in [0.5, 0.6) is 0 Å². The minimum atomic E-state index is -0.795. The molecule has 2 atom stereocenters. The summed E-state index contributed by atoms with van der Waals surface area (Å²) >= 11 is 3.45. The van der Waals surface area contributed by atoms with Gasteiger partial charge in [0.25, 0.3) is 0 Å². The van der Waals surface area contributed by atoms with Crippen molar-refractivity contribution in [3.05, 3.63) is 34.3 Å². The van der Waals surface area contributed by atoms with E-state index in [1.54, 1.807) is 0 Å². The van der Waals surface area contributed by atoms with E-state index in [9.17, 15) is 14.7 Å². The normalized spacial score (nSPS) is 26.4. The fraction of sp³-hybridized carbons (Fsp3) is 0.556. The average Bonchev–Trinajstić information content (AvgIpc) is 3.15. The van der Waals surface area contributed by atoms with Crippen molar-refractivity contribution in [3.8, 4) is 0 Å². The molecule has 2 aliphatic rings. The van der Waals surface area contributed by atoms with E-state index in [1.807, 2.05) is 36.1 Å². The molecule has 1 amide bonds. The Labute approximate surface area is 145 Å². The van der Waals surface area contributed by atoms with Gasteiger partial charge in [-0.3, -0.25) is 9.59 Å². The van der Waals surface area contributed by atoms with E-state index in [1.165, 1.54) is 0 Å². The maximum Gasteiger partial charge on any atom is 0.308 e. The third-order valence-electron chi connectivity index (χ3n) is 5.60. The molecule has 124 valence electrons. The zero-order valence-electron chi connectivity index (χ0n) is 13.3. The van der Waals surface area contributed by atoms with Gasteiger partial charge < -0.3 is 10.0 Å². The van der Waals surface area contributed by atoms with E-state index >= 15 is 0 Å². The fourth-order valence-electron chi connectivity index (χ4n) is 4.20. The van der Waals surface area contributed by atoms with Gasteiger partial charge in [-0.05, 0) is 43.9 Å². The summed E-state index contributed by atoms with van der Waals surface area (Å²) in [4.78, 5) is 26.5. The number of hydrogen-bond donors (Lipinski definition) is 1. The lowest BCUT2D eigenvalue weighted by molar-refractivity contribution is -0.144. The minimum Gasteiger partial charge on any atom is -0.481 e. The van der Waals surface area contributed by atoms with Crippen LogP contribution >= 0.6 is 15.9 Å². The number of aliphatic carboxylic acids is 1. The highest BCUT2D eigenvalue weighted by Crippen LogP contribution is 2.44. The van der Waals surface area contributed by atoms with Crippen molar-refractivity contribution in [2.24, 2.45) is 5.92 Å². The monoisotopic (exact) mass is 379 g/mol. The first kappa shape index (κ1) is 16.5. The lowest BCUT2D eigenvalue weighted by Crippen LogP contribution is -2.48. The van der Waals surface area contributed by atoms with Crippen LogP contribution in [0.15, 0.2) is 28.7 Å². The van der Waals surface area contributed by atoms with Gasteiger partial charge in [0.05, 0.1) is 11.3 Å². The van der Waals surface area contributed by atoms with Gasteiger partial charge >= 0.3 is 5.97 Å². The number of rotatable bonds is 3. The van der Waals surface area contributed by atoms with Crippen molar-refractivity contribution in [2.75, 3.05) is 6.54 Å². The Balaban J connectivity index is 1.91. The van der Waals surface area contributed by atoms with E-state index in [2.05, 4.69) is 15.9 Å². The minimum absolute atomic E-state index is 0.119. The molecule has 23 heavy (non-hydrogen) atoms. The van der Waals surface area contributed by atoms with E-state index in [-0.39, 0.29) is 11.9 Å². The molecule has 4 nitrogen and oxygen atoms in total. The van der Waals surface area contributed by atoms with Crippen molar-refractivity contribution >= 4 is 27.8 Å². The molecule has 1 aliphatic heterocycles. The number of nitrogens with zero attached hydrogens (tertiary/aromatic N) is 1. The summed E-state index contributed by atoms with van der Waals surface area (Å²) in [5, 5.41) is 9.32. The molecule has 2 fully saturated rings. The number of carboxylic acid groups (broad SMARTS) is 1. The zero-order chi connectivity index (χ0) is 16.6. The smallest absolute Gasteiger partial charge is 0.308 e. The Morgan fingerprint density at radius 1 is 1.22 bits per heavy atom. The molecule has 1 aromatic carbocycles. The van der Waals surface area contributed by atoms with Gasteiger partial charge in [-0.15, -0.1) is 0 Å². The van der Waals surface area contributed by atoms with Crippen LogP contribution in [0.1, 0.15) is 44.6 Å². The van der Waals surface area contributed by atoms with E-state index in [4.69, 9.17) is 0 Å². The Morgan fingerprint density at radius 2 is 1.83 bits per heavy atom. The van der Waals surface area contributed by atoms with Crippen molar-refractivity contribution in [1.82, 2.24) is 4.90 Å². The average molecular weight is 380 g/mol. The number of carboxylic acids is 1. The molecule has 1 heterocycles.